The largest absolute Gasteiger partial charge is 0.478 e. The number of ether oxygens (including phenoxy) is 1. The van der Waals surface area contributed by atoms with E-state index in [4.69, 9.17) is 4.74 Å². The van der Waals surface area contributed by atoms with Gasteiger partial charge < -0.3 is 10.1 Å². The first kappa shape index (κ1) is 14.1. The van der Waals surface area contributed by atoms with Gasteiger partial charge in [-0.25, -0.2) is 4.98 Å². The smallest absolute Gasteiger partial charge is 0.225 e. The van der Waals surface area contributed by atoms with Crippen molar-refractivity contribution in [1.29, 1.82) is 0 Å². The molecule has 2 atom stereocenters. The topological polar surface area (TPSA) is 47.0 Å². The van der Waals surface area contributed by atoms with Gasteiger partial charge in [0.15, 0.2) is 0 Å². The molecule has 1 aliphatic carbocycles. The van der Waals surface area contributed by atoms with Crippen molar-refractivity contribution < 1.29 is 4.74 Å². The summed E-state index contributed by atoms with van der Waals surface area (Å²) in [6.45, 7) is 5.91. The van der Waals surface area contributed by atoms with E-state index >= 15 is 0 Å². The normalized spacial score (nSPS) is 23.1. The Bertz CT molecular complexity index is 383. The molecule has 2 rings (SSSR count). The summed E-state index contributed by atoms with van der Waals surface area (Å²) in [5, 5.41) is 3.30. The van der Waals surface area contributed by atoms with Crippen molar-refractivity contribution in [3.63, 3.8) is 0 Å². The molecule has 0 amide bonds. The number of hydrogen-bond donors (Lipinski definition) is 1. The third-order valence-electron chi connectivity index (χ3n) is 3.80. The highest BCUT2D eigenvalue weighted by Gasteiger charge is 2.18. The summed E-state index contributed by atoms with van der Waals surface area (Å²) >= 11 is 0. The van der Waals surface area contributed by atoms with Gasteiger partial charge in [0.2, 0.25) is 11.8 Å². The molecule has 0 bridgehead atoms. The molecule has 1 saturated carbocycles. The summed E-state index contributed by atoms with van der Waals surface area (Å²) in [5.41, 5.74) is 0. The minimum atomic E-state index is 0.635. The monoisotopic (exact) mass is 263 g/mol. The zero-order valence-corrected chi connectivity index (χ0v) is 12.1. The number of nitrogens with one attached hydrogen (secondary N) is 1. The highest BCUT2D eigenvalue weighted by Crippen LogP contribution is 2.30. The third-order valence-corrected chi connectivity index (χ3v) is 3.80. The molecule has 106 valence electrons. The molecule has 0 aliphatic heterocycles. The van der Waals surface area contributed by atoms with Crippen LogP contribution in [-0.2, 0) is 0 Å². The van der Waals surface area contributed by atoms with Crippen LogP contribution in [0.3, 0.4) is 0 Å². The maximum absolute atomic E-state index is 5.37. The van der Waals surface area contributed by atoms with Gasteiger partial charge in [-0.1, -0.05) is 26.2 Å². The van der Waals surface area contributed by atoms with Gasteiger partial charge in [0.1, 0.15) is 0 Å². The first-order valence-corrected chi connectivity index (χ1v) is 7.47. The molecule has 19 heavy (non-hydrogen) atoms. The predicted octanol–water partition coefficient (Wildman–Crippen LogP) is 3.50. The van der Waals surface area contributed by atoms with Gasteiger partial charge in [0.25, 0.3) is 0 Å². The second-order valence-electron chi connectivity index (χ2n) is 5.50. The van der Waals surface area contributed by atoms with E-state index in [1.807, 2.05) is 6.92 Å². The van der Waals surface area contributed by atoms with Crippen LogP contribution in [0.5, 0.6) is 5.88 Å². The average molecular weight is 263 g/mol. The Morgan fingerprint density at radius 3 is 3.11 bits per heavy atom. The van der Waals surface area contributed by atoms with Crippen molar-refractivity contribution >= 4 is 5.95 Å². The number of aromatic nitrogens is 2. The fourth-order valence-corrected chi connectivity index (χ4v) is 2.87. The Labute approximate surface area is 116 Å². The first-order valence-electron chi connectivity index (χ1n) is 7.47. The quantitative estimate of drug-likeness (QED) is 0.853. The molecule has 1 aromatic heterocycles. The molecule has 0 saturated heterocycles. The molecule has 0 spiro atoms. The van der Waals surface area contributed by atoms with Crippen molar-refractivity contribution in [2.24, 2.45) is 11.8 Å². The Kier molecular flexibility index (Phi) is 5.43. The number of anilines is 1. The molecule has 0 radical (unpaired) electrons. The van der Waals surface area contributed by atoms with E-state index in [0.29, 0.717) is 18.4 Å². The summed E-state index contributed by atoms with van der Waals surface area (Å²) in [6, 6.07) is 1.79. The van der Waals surface area contributed by atoms with Crippen LogP contribution in [0, 0.1) is 11.8 Å². The molecule has 1 fully saturated rings. The maximum atomic E-state index is 5.37. The van der Waals surface area contributed by atoms with Crippen molar-refractivity contribution in [3.05, 3.63) is 12.3 Å². The fourth-order valence-electron chi connectivity index (χ4n) is 2.87. The molecule has 1 N–H and O–H groups in total. The zero-order valence-electron chi connectivity index (χ0n) is 12.1. The van der Waals surface area contributed by atoms with Gasteiger partial charge in [-0.15, -0.1) is 0 Å². The third kappa shape index (κ3) is 4.69. The van der Waals surface area contributed by atoms with Gasteiger partial charge in [-0.2, -0.15) is 4.98 Å². The van der Waals surface area contributed by atoms with E-state index < -0.39 is 0 Å². The SMILES string of the molecule is CCOc1ccnc(NCCC2CCCC(C)C2)n1. The van der Waals surface area contributed by atoms with Crippen LogP contribution in [0.15, 0.2) is 12.3 Å². The van der Waals surface area contributed by atoms with Gasteiger partial charge in [-0.3, -0.25) is 0 Å². The summed E-state index contributed by atoms with van der Waals surface area (Å²) in [6.07, 6.45) is 8.51. The zero-order chi connectivity index (χ0) is 13.5. The van der Waals surface area contributed by atoms with E-state index in [1.54, 1.807) is 12.3 Å². The highest BCUT2D eigenvalue weighted by molar-refractivity contribution is 5.27. The van der Waals surface area contributed by atoms with E-state index in [9.17, 15) is 0 Å². The second-order valence-corrected chi connectivity index (χ2v) is 5.50. The minimum absolute atomic E-state index is 0.635. The standard InChI is InChI=1S/C15H25N3O/c1-3-19-14-8-10-17-15(18-14)16-9-7-13-6-4-5-12(2)11-13/h8,10,12-13H,3-7,9,11H2,1-2H3,(H,16,17,18). The summed E-state index contributed by atoms with van der Waals surface area (Å²) in [4.78, 5) is 8.53. The van der Waals surface area contributed by atoms with Gasteiger partial charge in [-0.05, 0) is 31.6 Å². The molecule has 4 nitrogen and oxygen atoms in total. The summed E-state index contributed by atoms with van der Waals surface area (Å²) < 4.78 is 5.37. The van der Waals surface area contributed by atoms with Crippen LogP contribution in [0.1, 0.15) is 46.0 Å². The van der Waals surface area contributed by atoms with E-state index in [1.165, 1.54) is 32.1 Å². The lowest BCUT2D eigenvalue weighted by Crippen LogP contribution is -2.17. The Morgan fingerprint density at radius 2 is 2.32 bits per heavy atom. The first-order chi connectivity index (χ1) is 9.28. The lowest BCUT2D eigenvalue weighted by Gasteiger charge is -2.26. The number of nitrogens with zero attached hydrogens (tertiary/aromatic N) is 2. The van der Waals surface area contributed by atoms with Crippen molar-refractivity contribution in [2.45, 2.75) is 46.0 Å². The Hall–Kier alpha value is -1.32. The van der Waals surface area contributed by atoms with E-state index in [-0.39, 0.29) is 0 Å². The molecule has 1 aromatic rings. The van der Waals surface area contributed by atoms with Crippen molar-refractivity contribution in [3.8, 4) is 5.88 Å². The molecule has 1 heterocycles. The number of hydrogen-bond acceptors (Lipinski definition) is 4. The highest BCUT2D eigenvalue weighted by atomic mass is 16.5. The van der Waals surface area contributed by atoms with Gasteiger partial charge in [0.05, 0.1) is 6.61 Å². The average Bonchev–Trinajstić information content (AvgIpc) is 2.40. The van der Waals surface area contributed by atoms with Gasteiger partial charge in [0, 0.05) is 18.8 Å². The molecule has 1 aliphatic rings. The molecule has 0 aromatic carbocycles. The van der Waals surface area contributed by atoms with Crippen LogP contribution in [0.2, 0.25) is 0 Å². The fraction of sp³-hybridized carbons (Fsp3) is 0.733. The Balaban J connectivity index is 1.74. The van der Waals surface area contributed by atoms with Crippen molar-refractivity contribution in [2.75, 3.05) is 18.5 Å². The maximum Gasteiger partial charge on any atom is 0.225 e. The lowest BCUT2D eigenvalue weighted by molar-refractivity contribution is 0.274. The lowest BCUT2D eigenvalue weighted by atomic mass is 9.81. The second kappa shape index (κ2) is 7.31. The van der Waals surface area contributed by atoms with Crippen molar-refractivity contribution in [1.82, 2.24) is 9.97 Å². The van der Waals surface area contributed by atoms with Crippen LogP contribution in [-0.4, -0.2) is 23.1 Å². The molecule has 2 unspecified atom stereocenters. The minimum Gasteiger partial charge on any atom is -0.478 e. The number of rotatable bonds is 6. The predicted molar refractivity (Wildman–Crippen MR) is 77.4 cm³/mol. The summed E-state index contributed by atoms with van der Waals surface area (Å²) in [7, 11) is 0. The van der Waals surface area contributed by atoms with E-state index in [0.717, 1.165) is 18.4 Å². The molecular formula is C15H25N3O. The molecular weight excluding hydrogens is 238 g/mol. The van der Waals surface area contributed by atoms with Gasteiger partial charge >= 0.3 is 0 Å². The van der Waals surface area contributed by atoms with E-state index in [2.05, 4.69) is 22.2 Å². The summed E-state index contributed by atoms with van der Waals surface area (Å²) in [5.74, 6) is 3.09. The van der Waals surface area contributed by atoms with Crippen LogP contribution in [0.25, 0.3) is 0 Å². The Morgan fingerprint density at radius 1 is 1.42 bits per heavy atom. The molecule has 4 heteroatoms. The van der Waals surface area contributed by atoms with Crippen LogP contribution < -0.4 is 10.1 Å². The van der Waals surface area contributed by atoms with Crippen LogP contribution >= 0.6 is 0 Å². The van der Waals surface area contributed by atoms with Crippen LogP contribution in [0.4, 0.5) is 5.95 Å².